The van der Waals surface area contributed by atoms with Crippen molar-refractivity contribution in [1.82, 2.24) is 5.16 Å². The van der Waals surface area contributed by atoms with Crippen molar-refractivity contribution >= 4 is 20.8 Å². The van der Waals surface area contributed by atoms with Crippen molar-refractivity contribution in [3.05, 3.63) is 47.3 Å². The van der Waals surface area contributed by atoms with Crippen LogP contribution in [0.3, 0.4) is 0 Å². The molecular weight excluding hydrogens is 273 g/mol. The monoisotopic (exact) mass is 284 g/mol. The highest BCUT2D eigenvalue weighted by molar-refractivity contribution is 7.17. The molecule has 1 aromatic heterocycles. The summed E-state index contributed by atoms with van der Waals surface area (Å²) < 4.78 is 30.7. The number of nitrogens with one attached hydrogen (secondary N) is 1. The van der Waals surface area contributed by atoms with Gasteiger partial charge in [0.1, 0.15) is 11.3 Å². The van der Waals surface area contributed by atoms with Crippen LogP contribution in [0, 0.1) is 6.92 Å². The molecule has 0 saturated heterocycles. The zero-order valence-electron chi connectivity index (χ0n) is 9.98. The van der Waals surface area contributed by atoms with Gasteiger partial charge in [-0.1, -0.05) is 26.5 Å². The number of anilines is 1. The van der Waals surface area contributed by atoms with Gasteiger partial charge in [-0.3, -0.25) is 4.79 Å². The molecule has 7 heteroatoms. The molecular formula is C12H11F2N2O2P. The molecule has 1 aromatic carbocycles. The van der Waals surface area contributed by atoms with Gasteiger partial charge in [-0.15, -0.1) is 0 Å². The maximum atomic E-state index is 13.0. The van der Waals surface area contributed by atoms with Crippen molar-refractivity contribution in [3.8, 4) is 0 Å². The Morgan fingerprint density at radius 2 is 2.00 bits per heavy atom. The van der Waals surface area contributed by atoms with E-state index in [1.807, 2.05) is 0 Å². The summed E-state index contributed by atoms with van der Waals surface area (Å²) in [5.74, 6) is -0.00487. The number of alkyl halides is 2. The van der Waals surface area contributed by atoms with Crippen LogP contribution in [0.1, 0.15) is 21.7 Å². The first-order valence-corrected chi connectivity index (χ1v) is 5.95. The standard InChI is InChI=1S/C12H11F2N2O2P/c1-7-10(6-15-18-7)11(17)16-9-4-2-8(3-5-9)12(13,14)19/h2-6H,19H2,1H3,(H,16,17). The van der Waals surface area contributed by atoms with Crippen LogP contribution in [0.2, 0.25) is 0 Å². The molecule has 2 rings (SSSR count). The van der Waals surface area contributed by atoms with E-state index in [2.05, 4.69) is 10.5 Å². The Balaban J connectivity index is 2.12. The molecule has 1 unspecified atom stereocenters. The van der Waals surface area contributed by atoms with Crippen molar-refractivity contribution in [3.63, 3.8) is 0 Å². The van der Waals surface area contributed by atoms with E-state index >= 15 is 0 Å². The summed E-state index contributed by atoms with van der Waals surface area (Å²) in [6.07, 6.45) is 1.30. The first-order valence-electron chi connectivity index (χ1n) is 5.38. The third kappa shape index (κ3) is 3.15. The highest BCUT2D eigenvalue weighted by Crippen LogP contribution is 2.35. The predicted molar refractivity (Wildman–Crippen MR) is 69.2 cm³/mol. The molecule has 0 aliphatic rings. The van der Waals surface area contributed by atoms with Crippen LogP contribution in [0.5, 0.6) is 0 Å². The third-order valence-electron chi connectivity index (χ3n) is 2.52. The van der Waals surface area contributed by atoms with Crippen molar-refractivity contribution in [1.29, 1.82) is 0 Å². The van der Waals surface area contributed by atoms with Gasteiger partial charge in [0.15, 0.2) is 0 Å². The molecule has 100 valence electrons. The molecule has 1 N–H and O–H groups in total. The molecule has 0 radical (unpaired) electrons. The summed E-state index contributed by atoms with van der Waals surface area (Å²) in [7, 11) is 1.46. The van der Waals surface area contributed by atoms with Gasteiger partial charge in [-0.25, -0.2) is 0 Å². The van der Waals surface area contributed by atoms with E-state index in [9.17, 15) is 13.6 Å². The highest BCUT2D eigenvalue weighted by Gasteiger charge is 2.24. The second-order valence-corrected chi connectivity index (χ2v) is 4.68. The normalized spacial score (nSPS) is 11.4. The van der Waals surface area contributed by atoms with E-state index < -0.39 is 11.6 Å². The molecule has 1 atom stereocenters. The molecule has 19 heavy (non-hydrogen) atoms. The average molecular weight is 284 g/mol. The highest BCUT2D eigenvalue weighted by atomic mass is 31.0. The summed E-state index contributed by atoms with van der Waals surface area (Å²) in [6, 6.07) is 5.33. The van der Waals surface area contributed by atoms with Gasteiger partial charge >= 0.3 is 0 Å². The molecule has 1 amide bonds. The molecule has 0 aliphatic heterocycles. The van der Waals surface area contributed by atoms with Crippen LogP contribution in [-0.4, -0.2) is 11.1 Å². The van der Waals surface area contributed by atoms with Gasteiger partial charge in [0, 0.05) is 11.3 Å². The Hall–Kier alpha value is -1.81. The minimum atomic E-state index is -2.98. The molecule has 0 aliphatic carbocycles. The van der Waals surface area contributed by atoms with E-state index in [-0.39, 0.29) is 5.56 Å². The number of hydrogen-bond acceptors (Lipinski definition) is 3. The van der Waals surface area contributed by atoms with Gasteiger partial charge in [0.05, 0.1) is 6.20 Å². The average Bonchev–Trinajstić information content (AvgIpc) is 2.75. The smallest absolute Gasteiger partial charge is 0.283 e. The number of benzene rings is 1. The molecule has 0 fully saturated rings. The third-order valence-corrected chi connectivity index (χ3v) is 2.86. The van der Waals surface area contributed by atoms with Crippen LogP contribution in [0.4, 0.5) is 14.5 Å². The SMILES string of the molecule is Cc1oncc1C(=O)Nc1ccc(C(F)(F)P)cc1. The lowest BCUT2D eigenvalue weighted by atomic mass is 10.2. The molecule has 0 saturated carbocycles. The molecule has 1 heterocycles. The minimum Gasteiger partial charge on any atom is -0.361 e. The van der Waals surface area contributed by atoms with E-state index in [1.165, 1.54) is 39.7 Å². The summed E-state index contributed by atoms with van der Waals surface area (Å²) in [5, 5.41) is 6.07. The van der Waals surface area contributed by atoms with Crippen LogP contribution in [-0.2, 0) is 5.66 Å². The maximum absolute atomic E-state index is 13.0. The molecule has 0 spiro atoms. The second kappa shape index (κ2) is 5.05. The lowest BCUT2D eigenvalue weighted by Gasteiger charge is -2.11. The zero-order valence-corrected chi connectivity index (χ0v) is 11.1. The van der Waals surface area contributed by atoms with Crippen LogP contribution < -0.4 is 5.32 Å². The number of aromatic nitrogens is 1. The summed E-state index contributed by atoms with van der Waals surface area (Å²) in [4.78, 5) is 11.8. The Kier molecular flexibility index (Phi) is 3.62. The molecule has 2 aromatic rings. The van der Waals surface area contributed by atoms with Gasteiger partial charge in [-0.2, -0.15) is 8.78 Å². The quantitative estimate of drug-likeness (QED) is 0.881. The Morgan fingerprint density at radius 1 is 1.37 bits per heavy atom. The number of aryl methyl sites for hydroxylation is 1. The number of hydrogen-bond donors (Lipinski definition) is 1. The number of halogens is 2. The van der Waals surface area contributed by atoms with Crippen molar-refractivity contribution in [2.75, 3.05) is 5.32 Å². The van der Waals surface area contributed by atoms with Gasteiger partial charge in [-0.05, 0) is 19.1 Å². The van der Waals surface area contributed by atoms with E-state index in [4.69, 9.17) is 4.52 Å². The topological polar surface area (TPSA) is 55.1 Å². The molecule has 0 bridgehead atoms. The summed E-state index contributed by atoms with van der Waals surface area (Å²) >= 11 is 0. The fraction of sp³-hybridized carbons (Fsp3) is 0.167. The second-order valence-electron chi connectivity index (χ2n) is 3.95. The summed E-state index contributed by atoms with van der Waals surface area (Å²) in [6.45, 7) is 1.61. The number of rotatable bonds is 3. The number of carbonyl (C=O) groups is 1. The van der Waals surface area contributed by atoms with Crippen molar-refractivity contribution in [2.45, 2.75) is 12.6 Å². The van der Waals surface area contributed by atoms with Crippen LogP contribution >= 0.6 is 9.24 Å². The van der Waals surface area contributed by atoms with Crippen molar-refractivity contribution in [2.24, 2.45) is 0 Å². The Bertz CT molecular complexity index is 591. The first-order chi connectivity index (χ1) is 8.88. The predicted octanol–water partition coefficient (Wildman–Crippen LogP) is 3.16. The summed E-state index contributed by atoms with van der Waals surface area (Å²) in [5.41, 5.74) is -2.39. The number of carbonyl (C=O) groups excluding carboxylic acids is 1. The zero-order chi connectivity index (χ0) is 14.0. The van der Waals surface area contributed by atoms with Gasteiger partial charge in [0.25, 0.3) is 11.6 Å². The van der Waals surface area contributed by atoms with Crippen LogP contribution in [0.15, 0.2) is 35.0 Å². The Morgan fingerprint density at radius 3 is 2.47 bits per heavy atom. The van der Waals surface area contributed by atoms with E-state index in [0.717, 1.165) is 0 Å². The number of nitrogens with zero attached hydrogens (tertiary/aromatic N) is 1. The minimum absolute atomic E-state index is 0.142. The molecule has 4 nitrogen and oxygen atoms in total. The van der Waals surface area contributed by atoms with Crippen molar-refractivity contribution < 1.29 is 18.1 Å². The van der Waals surface area contributed by atoms with Gasteiger partial charge in [0.2, 0.25) is 0 Å². The first kappa shape index (κ1) is 13.6. The van der Waals surface area contributed by atoms with Gasteiger partial charge < -0.3 is 9.84 Å². The largest absolute Gasteiger partial charge is 0.361 e. The number of amides is 1. The fourth-order valence-corrected chi connectivity index (χ4v) is 1.68. The maximum Gasteiger partial charge on any atom is 0.283 e. The lowest BCUT2D eigenvalue weighted by molar-refractivity contribution is 0.102. The fourth-order valence-electron chi connectivity index (χ4n) is 1.49. The van der Waals surface area contributed by atoms with E-state index in [1.54, 1.807) is 6.92 Å². The Labute approximate surface area is 110 Å². The lowest BCUT2D eigenvalue weighted by Crippen LogP contribution is -2.12. The van der Waals surface area contributed by atoms with Crippen LogP contribution in [0.25, 0.3) is 0 Å². The van der Waals surface area contributed by atoms with E-state index in [0.29, 0.717) is 17.0 Å².